The third kappa shape index (κ3) is 5.18. The molecule has 1 saturated heterocycles. The molecule has 1 aromatic carbocycles. The molecule has 7 heteroatoms. The second-order valence-corrected chi connectivity index (χ2v) is 6.84. The van der Waals surface area contributed by atoms with Crippen LogP contribution in [0.2, 0.25) is 0 Å². The van der Waals surface area contributed by atoms with Gasteiger partial charge in [0.05, 0.1) is 18.3 Å². The molecule has 0 aliphatic carbocycles. The van der Waals surface area contributed by atoms with Gasteiger partial charge in [0.2, 0.25) is 0 Å². The van der Waals surface area contributed by atoms with Crippen LogP contribution in [0.4, 0.5) is 10.5 Å². The number of ether oxygens (including phenoxy) is 2. The molecule has 27 heavy (non-hydrogen) atoms. The van der Waals surface area contributed by atoms with E-state index in [1.54, 1.807) is 43.8 Å². The quantitative estimate of drug-likeness (QED) is 0.817. The fourth-order valence-electron chi connectivity index (χ4n) is 3.09. The number of amides is 2. The lowest BCUT2D eigenvalue weighted by atomic mass is 10.2. The van der Waals surface area contributed by atoms with Crippen molar-refractivity contribution in [3.8, 4) is 11.5 Å². The molecule has 2 atom stereocenters. The summed E-state index contributed by atoms with van der Waals surface area (Å²) < 4.78 is 11.2. The number of carbonyl (C=O) groups is 1. The van der Waals surface area contributed by atoms with Gasteiger partial charge in [-0.3, -0.25) is 9.88 Å². The fourth-order valence-corrected chi connectivity index (χ4v) is 3.09. The number of nitrogens with one attached hydrogen (secondary N) is 2. The third-order valence-corrected chi connectivity index (χ3v) is 4.63. The minimum Gasteiger partial charge on any atom is -0.456 e. The Bertz CT molecular complexity index is 737. The average molecular weight is 370 g/mol. The number of methoxy groups -OCH3 is 1. The van der Waals surface area contributed by atoms with Gasteiger partial charge in [0.15, 0.2) is 0 Å². The zero-order valence-corrected chi connectivity index (χ0v) is 15.9. The van der Waals surface area contributed by atoms with E-state index in [1.165, 1.54) is 0 Å². The number of nitrogens with zero attached hydrogens (tertiary/aromatic N) is 2. The van der Waals surface area contributed by atoms with Gasteiger partial charge in [0.25, 0.3) is 0 Å². The van der Waals surface area contributed by atoms with Gasteiger partial charge in [-0.15, -0.1) is 0 Å². The van der Waals surface area contributed by atoms with Crippen LogP contribution in [0.1, 0.15) is 13.8 Å². The summed E-state index contributed by atoms with van der Waals surface area (Å²) in [6.07, 6.45) is 3.33. The molecular formula is C20H26N4O3. The molecule has 7 nitrogen and oxygen atoms in total. The first-order chi connectivity index (χ1) is 13.0. The standard InChI is InChI=1S/C20H26N4O3/c1-14(2)24-12-18(19(13-24)26-3)23-20(25)22-15-6-8-16(9-7-15)27-17-5-4-10-21-11-17/h4-11,14,18-19H,12-13H2,1-3H3,(H2,22,23,25). The van der Waals surface area contributed by atoms with E-state index in [9.17, 15) is 4.79 Å². The van der Waals surface area contributed by atoms with Crippen molar-refractivity contribution in [2.45, 2.75) is 32.0 Å². The van der Waals surface area contributed by atoms with Crippen LogP contribution in [0.3, 0.4) is 0 Å². The number of likely N-dealkylation sites (tertiary alicyclic amines) is 1. The first kappa shape index (κ1) is 19.1. The van der Waals surface area contributed by atoms with E-state index >= 15 is 0 Å². The van der Waals surface area contributed by atoms with Crippen molar-refractivity contribution in [3.63, 3.8) is 0 Å². The molecule has 144 valence electrons. The summed E-state index contributed by atoms with van der Waals surface area (Å²) in [5.74, 6) is 1.34. The lowest BCUT2D eigenvalue weighted by Crippen LogP contribution is -2.45. The van der Waals surface area contributed by atoms with Crippen molar-refractivity contribution in [2.75, 3.05) is 25.5 Å². The maximum atomic E-state index is 12.3. The van der Waals surface area contributed by atoms with E-state index in [0.717, 1.165) is 13.1 Å². The van der Waals surface area contributed by atoms with Crippen LogP contribution in [0.15, 0.2) is 48.8 Å². The zero-order valence-electron chi connectivity index (χ0n) is 15.9. The Labute approximate surface area is 159 Å². The Morgan fingerprint density at radius 1 is 1.19 bits per heavy atom. The summed E-state index contributed by atoms with van der Waals surface area (Å²) in [7, 11) is 1.68. The highest BCUT2D eigenvalue weighted by molar-refractivity contribution is 5.89. The van der Waals surface area contributed by atoms with Crippen LogP contribution >= 0.6 is 0 Å². The van der Waals surface area contributed by atoms with E-state index in [4.69, 9.17) is 9.47 Å². The molecule has 2 unspecified atom stereocenters. The highest BCUT2D eigenvalue weighted by Gasteiger charge is 2.34. The predicted molar refractivity (Wildman–Crippen MR) is 104 cm³/mol. The molecule has 1 fully saturated rings. The first-order valence-corrected chi connectivity index (χ1v) is 9.07. The van der Waals surface area contributed by atoms with E-state index in [0.29, 0.717) is 23.2 Å². The number of hydrogen-bond donors (Lipinski definition) is 2. The SMILES string of the molecule is COC1CN(C(C)C)CC1NC(=O)Nc1ccc(Oc2cccnc2)cc1. The maximum absolute atomic E-state index is 12.3. The smallest absolute Gasteiger partial charge is 0.319 e. The van der Waals surface area contributed by atoms with E-state index in [2.05, 4.69) is 34.4 Å². The third-order valence-electron chi connectivity index (χ3n) is 4.63. The van der Waals surface area contributed by atoms with Crippen molar-refractivity contribution in [2.24, 2.45) is 0 Å². The Kier molecular flexibility index (Phi) is 6.26. The van der Waals surface area contributed by atoms with E-state index in [1.807, 2.05) is 12.1 Å². The van der Waals surface area contributed by atoms with Crippen LogP contribution in [0.5, 0.6) is 11.5 Å². The van der Waals surface area contributed by atoms with Gasteiger partial charge in [-0.1, -0.05) is 0 Å². The summed E-state index contributed by atoms with van der Waals surface area (Å²) in [4.78, 5) is 18.7. The van der Waals surface area contributed by atoms with Crippen LogP contribution in [0, 0.1) is 0 Å². The monoisotopic (exact) mass is 370 g/mol. The second-order valence-electron chi connectivity index (χ2n) is 6.84. The predicted octanol–water partition coefficient (Wildman–Crippen LogP) is 3.10. The molecular weight excluding hydrogens is 344 g/mol. The van der Waals surface area contributed by atoms with E-state index < -0.39 is 0 Å². The summed E-state index contributed by atoms with van der Waals surface area (Å²) in [6.45, 7) is 5.88. The lowest BCUT2D eigenvalue weighted by Gasteiger charge is -2.20. The van der Waals surface area contributed by atoms with Gasteiger partial charge < -0.3 is 20.1 Å². The Morgan fingerprint density at radius 3 is 2.59 bits per heavy atom. The molecule has 0 saturated carbocycles. The number of benzene rings is 1. The maximum Gasteiger partial charge on any atom is 0.319 e. The topological polar surface area (TPSA) is 75.7 Å². The number of pyridine rings is 1. The van der Waals surface area contributed by atoms with Gasteiger partial charge in [-0.2, -0.15) is 0 Å². The number of anilines is 1. The van der Waals surface area contributed by atoms with Crippen molar-refractivity contribution >= 4 is 11.7 Å². The Balaban J connectivity index is 1.53. The molecule has 3 rings (SSSR count). The number of rotatable bonds is 6. The summed E-state index contributed by atoms with van der Waals surface area (Å²) in [6, 6.07) is 11.0. The lowest BCUT2D eigenvalue weighted by molar-refractivity contribution is 0.0896. The minimum absolute atomic E-state index is 0.00610. The molecule has 2 aromatic rings. The number of hydrogen-bond acceptors (Lipinski definition) is 5. The minimum atomic E-state index is -0.242. The second kappa shape index (κ2) is 8.83. The Hall–Kier alpha value is -2.64. The Morgan fingerprint density at radius 2 is 1.96 bits per heavy atom. The van der Waals surface area contributed by atoms with Gasteiger partial charge in [-0.25, -0.2) is 4.79 Å². The molecule has 1 aliphatic heterocycles. The van der Waals surface area contributed by atoms with E-state index in [-0.39, 0.29) is 18.2 Å². The molecule has 2 N–H and O–H groups in total. The summed E-state index contributed by atoms with van der Waals surface area (Å²) >= 11 is 0. The summed E-state index contributed by atoms with van der Waals surface area (Å²) in [5, 5.41) is 5.87. The average Bonchev–Trinajstić information content (AvgIpc) is 3.07. The highest BCUT2D eigenvalue weighted by Crippen LogP contribution is 2.22. The zero-order chi connectivity index (χ0) is 19.2. The first-order valence-electron chi connectivity index (χ1n) is 9.07. The van der Waals surface area contributed by atoms with Crippen LogP contribution in [-0.4, -0.2) is 54.3 Å². The van der Waals surface area contributed by atoms with Gasteiger partial charge in [0.1, 0.15) is 11.5 Å². The van der Waals surface area contributed by atoms with Crippen molar-refractivity contribution in [1.29, 1.82) is 0 Å². The van der Waals surface area contributed by atoms with Crippen LogP contribution in [-0.2, 0) is 4.74 Å². The normalized spacial score (nSPS) is 19.9. The fraction of sp³-hybridized carbons (Fsp3) is 0.400. The number of urea groups is 1. The molecule has 0 spiro atoms. The molecule has 2 heterocycles. The molecule has 1 aromatic heterocycles. The van der Waals surface area contributed by atoms with Gasteiger partial charge in [0, 0.05) is 38.1 Å². The number of carbonyl (C=O) groups excluding carboxylic acids is 1. The summed E-state index contributed by atoms with van der Waals surface area (Å²) in [5.41, 5.74) is 0.693. The molecule has 2 amide bonds. The molecule has 0 radical (unpaired) electrons. The number of aromatic nitrogens is 1. The van der Waals surface area contributed by atoms with Gasteiger partial charge >= 0.3 is 6.03 Å². The largest absolute Gasteiger partial charge is 0.456 e. The molecule has 1 aliphatic rings. The highest BCUT2D eigenvalue weighted by atomic mass is 16.5. The van der Waals surface area contributed by atoms with Crippen molar-refractivity contribution in [1.82, 2.24) is 15.2 Å². The van der Waals surface area contributed by atoms with Crippen molar-refractivity contribution < 1.29 is 14.3 Å². The van der Waals surface area contributed by atoms with Crippen molar-refractivity contribution in [3.05, 3.63) is 48.8 Å². The van der Waals surface area contributed by atoms with Crippen LogP contribution < -0.4 is 15.4 Å². The van der Waals surface area contributed by atoms with Gasteiger partial charge in [-0.05, 0) is 50.2 Å². The molecule has 0 bridgehead atoms. The van der Waals surface area contributed by atoms with Crippen LogP contribution in [0.25, 0.3) is 0 Å².